The molecule has 2 unspecified atom stereocenters. The first-order valence-corrected chi connectivity index (χ1v) is 10.5. The lowest BCUT2D eigenvalue weighted by Crippen LogP contribution is -2.41. The van der Waals surface area contributed by atoms with Crippen molar-refractivity contribution in [3.63, 3.8) is 0 Å². The number of hydrogen-bond donors (Lipinski definition) is 0. The van der Waals surface area contributed by atoms with Crippen LogP contribution in [0.2, 0.25) is 0 Å². The molecule has 0 N–H and O–H groups in total. The van der Waals surface area contributed by atoms with E-state index in [4.69, 9.17) is 9.47 Å². The zero-order valence-electron chi connectivity index (χ0n) is 16.7. The summed E-state index contributed by atoms with van der Waals surface area (Å²) >= 11 is 0. The van der Waals surface area contributed by atoms with Gasteiger partial charge in [-0.1, -0.05) is 19.9 Å². The molecule has 1 spiro atoms. The highest BCUT2D eigenvalue weighted by Gasteiger charge is 2.45. The van der Waals surface area contributed by atoms with Gasteiger partial charge in [0.05, 0.1) is 25.0 Å². The Labute approximate surface area is 161 Å². The van der Waals surface area contributed by atoms with Crippen molar-refractivity contribution in [1.82, 2.24) is 4.90 Å². The molecule has 5 heteroatoms. The van der Waals surface area contributed by atoms with Crippen molar-refractivity contribution < 1.29 is 19.1 Å². The fourth-order valence-electron chi connectivity index (χ4n) is 5.14. The smallest absolute Gasteiger partial charge is 0.234 e. The van der Waals surface area contributed by atoms with Crippen LogP contribution in [0.4, 0.5) is 0 Å². The zero-order valence-corrected chi connectivity index (χ0v) is 16.7. The molecule has 27 heavy (non-hydrogen) atoms. The molecule has 0 aromatic heterocycles. The highest BCUT2D eigenvalue weighted by molar-refractivity contribution is 6.00. The van der Waals surface area contributed by atoms with Gasteiger partial charge in [-0.15, -0.1) is 0 Å². The third-order valence-electron chi connectivity index (χ3n) is 6.62. The Balaban J connectivity index is 1.51. The van der Waals surface area contributed by atoms with E-state index in [9.17, 15) is 9.59 Å². The van der Waals surface area contributed by atoms with E-state index < -0.39 is 0 Å². The number of allylic oxidation sites excluding steroid dienone is 3. The summed E-state index contributed by atoms with van der Waals surface area (Å²) in [5.41, 5.74) is 2.04. The van der Waals surface area contributed by atoms with Crippen molar-refractivity contribution in [2.45, 2.75) is 58.7 Å². The van der Waals surface area contributed by atoms with E-state index >= 15 is 0 Å². The number of ketones is 1. The lowest BCUT2D eigenvalue weighted by molar-refractivity contribution is -0.183. The monoisotopic (exact) mass is 373 g/mol. The third kappa shape index (κ3) is 3.40. The number of hydrogen-bond acceptors (Lipinski definition) is 4. The zero-order chi connectivity index (χ0) is 19.2. The van der Waals surface area contributed by atoms with Gasteiger partial charge in [-0.25, -0.2) is 0 Å². The first kappa shape index (κ1) is 18.9. The second kappa shape index (κ2) is 7.17. The average Bonchev–Trinajstić information content (AvgIpc) is 3.18. The highest BCUT2D eigenvalue weighted by atomic mass is 16.7. The molecule has 1 amide bonds. The van der Waals surface area contributed by atoms with Crippen LogP contribution in [-0.4, -0.2) is 42.1 Å². The number of nitrogens with zero attached hydrogens (tertiary/aromatic N) is 1. The van der Waals surface area contributed by atoms with Crippen molar-refractivity contribution in [3.05, 3.63) is 23.4 Å². The number of carbonyl (C=O) groups is 2. The van der Waals surface area contributed by atoms with Crippen molar-refractivity contribution in [1.29, 1.82) is 0 Å². The van der Waals surface area contributed by atoms with Gasteiger partial charge < -0.3 is 14.4 Å². The summed E-state index contributed by atoms with van der Waals surface area (Å²) in [4.78, 5) is 27.6. The van der Waals surface area contributed by atoms with Crippen molar-refractivity contribution >= 4 is 11.7 Å². The van der Waals surface area contributed by atoms with E-state index in [0.29, 0.717) is 31.6 Å². The molecule has 2 aliphatic heterocycles. The Morgan fingerprint density at radius 1 is 1.15 bits per heavy atom. The van der Waals surface area contributed by atoms with Crippen LogP contribution < -0.4 is 0 Å². The maximum atomic E-state index is 13.0. The first-order chi connectivity index (χ1) is 12.9. The molecule has 2 atom stereocenters. The average molecular weight is 373 g/mol. The molecule has 0 aromatic rings. The molecule has 4 aliphatic rings. The summed E-state index contributed by atoms with van der Waals surface area (Å²) in [7, 11) is 0. The quantitative estimate of drug-likeness (QED) is 0.757. The Hall–Kier alpha value is -1.46. The van der Waals surface area contributed by atoms with Crippen LogP contribution in [0.1, 0.15) is 52.9 Å². The van der Waals surface area contributed by atoms with Crippen molar-refractivity contribution in [3.8, 4) is 0 Å². The van der Waals surface area contributed by atoms with Gasteiger partial charge in [-0.2, -0.15) is 0 Å². The second-order valence-electron chi connectivity index (χ2n) is 8.98. The van der Waals surface area contributed by atoms with Gasteiger partial charge in [0.25, 0.3) is 0 Å². The minimum absolute atomic E-state index is 0.143. The molecule has 2 heterocycles. The number of amides is 1. The van der Waals surface area contributed by atoms with Gasteiger partial charge in [-0.3, -0.25) is 9.59 Å². The normalized spacial score (nSPS) is 30.9. The maximum absolute atomic E-state index is 13.0. The van der Waals surface area contributed by atoms with Crippen LogP contribution >= 0.6 is 0 Å². The van der Waals surface area contributed by atoms with Crippen molar-refractivity contribution in [2.24, 2.45) is 23.7 Å². The summed E-state index contributed by atoms with van der Waals surface area (Å²) in [5, 5.41) is 0. The molecule has 2 fully saturated rings. The Kier molecular flexibility index (Phi) is 5.02. The summed E-state index contributed by atoms with van der Waals surface area (Å²) in [5.74, 6) is 0.468. The largest absolute Gasteiger partial charge is 0.348 e. The number of carbonyl (C=O) groups excluding carboxylic acids is 2. The van der Waals surface area contributed by atoms with E-state index in [2.05, 4.69) is 13.8 Å². The Bertz CT molecular complexity index is 676. The van der Waals surface area contributed by atoms with Gasteiger partial charge in [0.1, 0.15) is 0 Å². The van der Waals surface area contributed by atoms with Gasteiger partial charge in [0.2, 0.25) is 5.91 Å². The molecule has 1 saturated heterocycles. The van der Waals surface area contributed by atoms with Gasteiger partial charge >= 0.3 is 0 Å². The third-order valence-corrected chi connectivity index (χ3v) is 6.62. The SMILES string of the molecule is CC(C)CC1C(=O)C=CC2=C1N(CC1CCC3(CC1)OCCO3)C(=O)C2C. The summed E-state index contributed by atoms with van der Waals surface area (Å²) < 4.78 is 11.7. The van der Waals surface area contributed by atoms with Crippen LogP contribution in [-0.2, 0) is 19.1 Å². The number of rotatable bonds is 4. The first-order valence-electron chi connectivity index (χ1n) is 10.5. The molecule has 148 valence electrons. The topological polar surface area (TPSA) is 55.8 Å². The van der Waals surface area contributed by atoms with Gasteiger partial charge in [-0.05, 0) is 49.7 Å². The summed E-state index contributed by atoms with van der Waals surface area (Å²) in [6.07, 6.45) is 8.16. The summed E-state index contributed by atoms with van der Waals surface area (Å²) in [6, 6.07) is 0. The standard InChI is InChI=1S/C22H31NO4/c1-14(2)12-18-19(24)5-4-17-15(3)21(25)23(20(17)18)13-16-6-8-22(9-7-16)26-10-11-27-22/h4-5,14-16,18H,6-13H2,1-3H3. The van der Waals surface area contributed by atoms with E-state index in [0.717, 1.165) is 43.4 Å². The van der Waals surface area contributed by atoms with Crippen LogP contribution in [0, 0.1) is 23.7 Å². The number of ether oxygens (including phenoxy) is 2. The lowest BCUT2D eigenvalue weighted by atomic mass is 9.82. The molecule has 0 bridgehead atoms. The minimum atomic E-state index is -0.368. The Morgan fingerprint density at radius 3 is 2.44 bits per heavy atom. The second-order valence-corrected chi connectivity index (χ2v) is 8.98. The lowest BCUT2D eigenvalue weighted by Gasteiger charge is -2.38. The Morgan fingerprint density at radius 2 is 1.81 bits per heavy atom. The fourth-order valence-corrected chi connectivity index (χ4v) is 5.14. The van der Waals surface area contributed by atoms with Gasteiger partial charge in [0.15, 0.2) is 11.6 Å². The van der Waals surface area contributed by atoms with Crippen LogP contribution in [0.5, 0.6) is 0 Å². The van der Waals surface area contributed by atoms with E-state index in [1.54, 1.807) is 6.08 Å². The molecule has 0 radical (unpaired) electrons. The highest BCUT2D eigenvalue weighted by Crippen LogP contribution is 2.43. The van der Waals surface area contributed by atoms with Crippen LogP contribution in [0.3, 0.4) is 0 Å². The molecular weight excluding hydrogens is 342 g/mol. The van der Waals surface area contributed by atoms with E-state index in [1.807, 2.05) is 17.9 Å². The molecule has 0 aromatic carbocycles. The van der Waals surface area contributed by atoms with Crippen molar-refractivity contribution in [2.75, 3.05) is 19.8 Å². The fraction of sp³-hybridized carbons (Fsp3) is 0.727. The van der Waals surface area contributed by atoms with E-state index in [1.165, 1.54) is 0 Å². The van der Waals surface area contributed by atoms with Crippen LogP contribution in [0.25, 0.3) is 0 Å². The molecule has 1 saturated carbocycles. The van der Waals surface area contributed by atoms with Gasteiger partial charge in [0, 0.05) is 25.1 Å². The molecular formula is C22H31NO4. The predicted octanol–water partition coefficient (Wildman–Crippen LogP) is 3.45. The molecule has 5 nitrogen and oxygen atoms in total. The van der Waals surface area contributed by atoms with Crippen LogP contribution in [0.15, 0.2) is 23.4 Å². The molecule has 4 rings (SSSR count). The maximum Gasteiger partial charge on any atom is 0.234 e. The minimum Gasteiger partial charge on any atom is -0.348 e. The predicted molar refractivity (Wildman–Crippen MR) is 102 cm³/mol. The summed E-state index contributed by atoms with van der Waals surface area (Å²) in [6.45, 7) is 8.34. The van der Waals surface area contributed by atoms with E-state index in [-0.39, 0.29) is 29.3 Å². The molecule has 2 aliphatic carbocycles.